The topological polar surface area (TPSA) is 85.6 Å². The number of nitrogens with zero attached hydrogens (tertiary/aromatic N) is 2. The maximum absolute atomic E-state index is 12.5. The van der Waals surface area contributed by atoms with Gasteiger partial charge in [0.25, 0.3) is 0 Å². The zero-order valence-electron chi connectivity index (χ0n) is 21.6. The van der Waals surface area contributed by atoms with Crippen LogP contribution in [0.2, 0.25) is 0 Å². The van der Waals surface area contributed by atoms with Crippen molar-refractivity contribution in [3.63, 3.8) is 0 Å². The molecular formula is C27H34F3N3O4. The van der Waals surface area contributed by atoms with Gasteiger partial charge in [0.05, 0.1) is 24.6 Å². The molecule has 37 heavy (non-hydrogen) atoms. The number of carbonyl (C=O) groups is 1. The fraction of sp³-hybridized carbons (Fsp3) is 0.481. The van der Waals surface area contributed by atoms with Gasteiger partial charge < -0.3 is 24.5 Å². The van der Waals surface area contributed by atoms with Gasteiger partial charge in [-0.05, 0) is 49.1 Å². The van der Waals surface area contributed by atoms with E-state index in [9.17, 15) is 23.1 Å². The summed E-state index contributed by atoms with van der Waals surface area (Å²) >= 11 is 0. The van der Waals surface area contributed by atoms with Crippen molar-refractivity contribution in [3.8, 4) is 11.5 Å². The molecule has 1 aromatic heterocycles. The standard InChI is InChI=1S/C24H26F3N3O4.C3H8/c1-14-4-3-5-17(10-14)30-20-13-21(33-2)15(12-22(31)32)11-19(20)29-23(30)28-16-6-8-18(9-7-16)34-24(25,26)27;1-3-2/h6-9,11,13-14,17H,3-5,10,12H2,1-2H3,(H,28,29)(H,31,32);3H2,1-2H3. The maximum Gasteiger partial charge on any atom is 0.573 e. The van der Waals surface area contributed by atoms with E-state index in [4.69, 9.17) is 9.72 Å². The lowest BCUT2D eigenvalue weighted by Gasteiger charge is -2.29. The zero-order valence-corrected chi connectivity index (χ0v) is 21.6. The third-order valence-corrected chi connectivity index (χ3v) is 6.05. The minimum absolute atomic E-state index is 0.166. The summed E-state index contributed by atoms with van der Waals surface area (Å²) in [5.41, 5.74) is 2.50. The third kappa shape index (κ3) is 7.53. The number of benzene rings is 2. The zero-order chi connectivity index (χ0) is 27.2. The number of carboxylic acid groups (broad SMARTS) is 1. The van der Waals surface area contributed by atoms with Gasteiger partial charge >= 0.3 is 12.3 Å². The number of nitrogens with one attached hydrogen (secondary N) is 1. The number of hydrogen-bond donors (Lipinski definition) is 2. The van der Waals surface area contributed by atoms with E-state index in [1.165, 1.54) is 37.8 Å². The Labute approximate surface area is 214 Å². The van der Waals surface area contributed by atoms with Gasteiger partial charge in [-0.3, -0.25) is 4.79 Å². The minimum Gasteiger partial charge on any atom is -0.496 e. The van der Waals surface area contributed by atoms with E-state index >= 15 is 0 Å². The molecule has 2 aromatic carbocycles. The Kier molecular flexibility index (Phi) is 9.29. The highest BCUT2D eigenvalue weighted by atomic mass is 19.4. The van der Waals surface area contributed by atoms with Crippen LogP contribution >= 0.6 is 0 Å². The molecule has 10 heteroatoms. The molecule has 1 aliphatic rings. The van der Waals surface area contributed by atoms with Crippen LogP contribution in [-0.2, 0) is 11.2 Å². The van der Waals surface area contributed by atoms with E-state index < -0.39 is 12.3 Å². The van der Waals surface area contributed by atoms with Crippen molar-refractivity contribution in [1.29, 1.82) is 0 Å². The van der Waals surface area contributed by atoms with Gasteiger partial charge in [-0.2, -0.15) is 0 Å². The van der Waals surface area contributed by atoms with E-state index in [1.54, 1.807) is 6.07 Å². The predicted octanol–water partition coefficient (Wildman–Crippen LogP) is 7.48. The van der Waals surface area contributed by atoms with Crippen LogP contribution in [-0.4, -0.2) is 34.1 Å². The summed E-state index contributed by atoms with van der Waals surface area (Å²) in [6.07, 6.45) is 0.435. The van der Waals surface area contributed by atoms with Crippen LogP contribution in [0.5, 0.6) is 11.5 Å². The summed E-state index contributed by atoms with van der Waals surface area (Å²) < 4.78 is 48.9. The van der Waals surface area contributed by atoms with Crippen molar-refractivity contribution >= 4 is 28.6 Å². The normalized spacial score (nSPS) is 17.6. The molecule has 2 atom stereocenters. The van der Waals surface area contributed by atoms with Crippen LogP contribution in [0.4, 0.5) is 24.8 Å². The summed E-state index contributed by atoms with van der Waals surface area (Å²) in [6, 6.07) is 9.15. The van der Waals surface area contributed by atoms with Crippen molar-refractivity contribution in [2.24, 2.45) is 5.92 Å². The third-order valence-electron chi connectivity index (χ3n) is 6.05. The van der Waals surface area contributed by atoms with Crippen molar-refractivity contribution in [2.45, 2.75) is 71.7 Å². The number of rotatable bonds is 7. The minimum atomic E-state index is -4.76. The van der Waals surface area contributed by atoms with E-state index in [-0.39, 0.29) is 18.2 Å². The molecule has 0 radical (unpaired) electrons. The highest BCUT2D eigenvalue weighted by Gasteiger charge is 2.31. The molecule has 1 fully saturated rings. The van der Waals surface area contributed by atoms with E-state index in [2.05, 4.69) is 35.4 Å². The number of aromatic nitrogens is 2. The Morgan fingerprint density at radius 1 is 1.19 bits per heavy atom. The van der Waals surface area contributed by atoms with Crippen LogP contribution in [0.25, 0.3) is 11.0 Å². The molecule has 1 saturated carbocycles. The Hall–Kier alpha value is -3.43. The summed E-state index contributed by atoms with van der Waals surface area (Å²) in [4.78, 5) is 16.0. The Morgan fingerprint density at radius 3 is 2.43 bits per heavy atom. The van der Waals surface area contributed by atoms with E-state index in [0.29, 0.717) is 34.4 Å². The fourth-order valence-electron chi connectivity index (χ4n) is 4.62. The molecule has 0 amide bonds. The molecule has 2 unspecified atom stereocenters. The number of hydrogen-bond acceptors (Lipinski definition) is 5. The van der Waals surface area contributed by atoms with Gasteiger partial charge in [0.1, 0.15) is 11.5 Å². The molecule has 1 heterocycles. The first-order valence-electron chi connectivity index (χ1n) is 12.5. The number of carboxylic acids is 1. The summed E-state index contributed by atoms with van der Waals surface area (Å²) in [5, 5.41) is 12.5. The molecule has 202 valence electrons. The highest BCUT2D eigenvalue weighted by molar-refractivity contribution is 5.84. The number of aliphatic carboxylic acids is 1. The smallest absolute Gasteiger partial charge is 0.496 e. The molecule has 0 bridgehead atoms. The molecule has 4 rings (SSSR count). The van der Waals surface area contributed by atoms with Gasteiger partial charge in [0, 0.05) is 23.4 Å². The van der Waals surface area contributed by atoms with Gasteiger partial charge in [-0.15, -0.1) is 13.2 Å². The first kappa shape index (κ1) is 28.1. The SMILES string of the molecule is CCC.COc1cc2c(cc1CC(=O)O)nc(Nc1ccc(OC(F)(F)F)cc1)n2C1CCCC(C)C1. The van der Waals surface area contributed by atoms with Gasteiger partial charge in [-0.25, -0.2) is 4.98 Å². The molecule has 3 aromatic rings. The number of alkyl halides is 3. The lowest BCUT2D eigenvalue weighted by atomic mass is 9.87. The molecule has 7 nitrogen and oxygen atoms in total. The fourth-order valence-corrected chi connectivity index (χ4v) is 4.62. The second-order valence-corrected chi connectivity index (χ2v) is 9.36. The number of anilines is 2. The molecule has 1 aliphatic carbocycles. The van der Waals surface area contributed by atoms with Gasteiger partial charge in [-0.1, -0.05) is 40.0 Å². The number of halogens is 3. The maximum atomic E-state index is 12.5. The van der Waals surface area contributed by atoms with Crippen molar-refractivity contribution in [2.75, 3.05) is 12.4 Å². The van der Waals surface area contributed by atoms with Gasteiger partial charge in [0.2, 0.25) is 5.95 Å². The average Bonchev–Trinajstić information content (AvgIpc) is 3.15. The molecule has 0 saturated heterocycles. The Bertz CT molecular complexity index is 1190. The quantitative estimate of drug-likeness (QED) is 0.335. The van der Waals surface area contributed by atoms with Crippen LogP contribution in [0, 0.1) is 5.92 Å². The van der Waals surface area contributed by atoms with Crippen LogP contribution in [0.15, 0.2) is 36.4 Å². The monoisotopic (exact) mass is 521 g/mol. The number of imidazole rings is 1. The Morgan fingerprint density at radius 2 is 1.86 bits per heavy atom. The highest BCUT2D eigenvalue weighted by Crippen LogP contribution is 2.39. The first-order chi connectivity index (χ1) is 17.5. The van der Waals surface area contributed by atoms with Crippen molar-refractivity contribution in [3.05, 3.63) is 42.0 Å². The summed E-state index contributed by atoms with van der Waals surface area (Å²) in [5.74, 6) is 0.262. The molecule has 2 N–H and O–H groups in total. The van der Waals surface area contributed by atoms with Crippen LogP contribution in [0.3, 0.4) is 0 Å². The second kappa shape index (κ2) is 12.2. The number of fused-ring (bicyclic) bond motifs is 1. The summed E-state index contributed by atoms with van der Waals surface area (Å²) in [7, 11) is 1.50. The van der Waals surface area contributed by atoms with Crippen molar-refractivity contribution < 1.29 is 32.5 Å². The lowest BCUT2D eigenvalue weighted by molar-refractivity contribution is -0.274. The van der Waals surface area contributed by atoms with Crippen LogP contribution in [0.1, 0.15) is 64.5 Å². The summed E-state index contributed by atoms with van der Waals surface area (Å²) in [6.45, 7) is 6.46. The van der Waals surface area contributed by atoms with E-state index in [0.717, 1.165) is 31.2 Å². The van der Waals surface area contributed by atoms with E-state index in [1.807, 2.05) is 6.07 Å². The first-order valence-corrected chi connectivity index (χ1v) is 12.5. The van der Waals surface area contributed by atoms with Crippen molar-refractivity contribution in [1.82, 2.24) is 9.55 Å². The predicted molar refractivity (Wildman–Crippen MR) is 137 cm³/mol. The molecule has 0 spiro atoms. The van der Waals surface area contributed by atoms with Gasteiger partial charge in [0.15, 0.2) is 0 Å². The number of methoxy groups -OCH3 is 1. The number of ether oxygens (including phenoxy) is 2. The average molecular weight is 522 g/mol. The lowest BCUT2D eigenvalue weighted by Crippen LogP contribution is -2.19. The largest absolute Gasteiger partial charge is 0.573 e. The second-order valence-electron chi connectivity index (χ2n) is 9.36. The Balaban J connectivity index is 0.00000121. The van der Waals surface area contributed by atoms with Crippen LogP contribution < -0.4 is 14.8 Å². The molecule has 0 aliphatic heterocycles. The molecular weight excluding hydrogens is 487 g/mol.